The highest BCUT2D eigenvalue weighted by atomic mass is 16.6. The molecule has 2 atom stereocenters. The SMILES string of the molecule is CC1(C)CCC(COc2cccc3c2CCCC3O)O1. The highest BCUT2D eigenvalue weighted by Gasteiger charge is 2.32. The minimum absolute atomic E-state index is 0.0136. The van der Waals surface area contributed by atoms with Crippen LogP contribution in [0.5, 0.6) is 5.75 Å². The number of ether oxygens (including phenoxy) is 2. The maximum atomic E-state index is 10.1. The molecule has 2 aliphatic rings. The highest BCUT2D eigenvalue weighted by Crippen LogP contribution is 2.36. The van der Waals surface area contributed by atoms with Crippen LogP contribution in [-0.4, -0.2) is 23.4 Å². The summed E-state index contributed by atoms with van der Waals surface area (Å²) in [5, 5.41) is 10.1. The highest BCUT2D eigenvalue weighted by molar-refractivity contribution is 5.42. The summed E-state index contributed by atoms with van der Waals surface area (Å²) in [5.41, 5.74) is 2.21. The molecule has 1 fully saturated rings. The van der Waals surface area contributed by atoms with Crippen molar-refractivity contribution in [2.24, 2.45) is 0 Å². The summed E-state index contributed by atoms with van der Waals surface area (Å²) in [6.45, 7) is 4.87. The Labute approximate surface area is 120 Å². The van der Waals surface area contributed by atoms with Crippen molar-refractivity contribution in [1.82, 2.24) is 0 Å². The topological polar surface area (TPSA) is 38.7 Å². The van der Waals surface area contributed by atoms with Crippen molar-refractivity contribution in [3.63, 3.8) is 0 Å². The lowest BCUT2D eigenvalue weighted by Crippen LogP contribution is -2.24. The molecule has 0 spiro atoms. The second-order valence-electron chi connectivity index (χ2n) is 6.58. The first-order chi connectivity index (χ1) is 9.55. The van der Waals surface area contributed by atoms with Gasteiger partial charge in [-0.1, -0.05) is 12.1 Å². The van der Waals surface area contributed by atoms with E-state index in [0.717, 1.165) is 43.4 Å². The molecule has 1 saturated heterocycles. The van der Waals surface area contributed by atoms with E-state index in [-0.39, 0.29) is 17.8 Å². The smallest absolute Gasteiger partial charge is 0.122 e. The summed E-state index contributed by atoms with van der Waals surface area (Å²) < 4.78 is 12.0. The Morgan fingerprint density at radius 1 is 1.35 bits per heavy atom. The second-order valence-corrected chi connectivity index (χ2v) is 6.58. The maximum Gasteiger partial charge on any atom is 0.122 e. The molecule has 0 radical (unpaired) electrons. The van der Waals surface area contributed by atoms with Gasteiger partial charge in [-0.05, 0) is 63.1 Å². The Kier molecular flexibility index (Phi) is 3.74. The van der Waals surface area contributed by atoms with Crippen LogP contribution in [0.3, 0.4) is 0 Å². The molecule has 1 heterocycles. The van der Waals surface area contributed by atoms with Crippen molar-refractivity contribution in [1.29, 1.82) is 0 Å². The lowest BCUT2D eigenvalue weighted by Gasteiger charge is -2.24. The van der Waals surface area contributed by atoms with Gasteiger partial charge in [0.15, 0.2) is 0 Å². The second kappa shape index (κ2) is 5.38. The lowest BCUT2D eigenvalue weighted by molar-refractivity contribution is -0.0328. The van der Waals surface area contributed by atoms with Gasteiger partial charge in [0.25, 0.3) is 0 Å². The Morgan fingerprint density at radius 2 is 2.20 bits per heavy atom. The minimum atomic E-state index is -0.330. The predicted octanol–water partition coefficient (Wildman–Crippen LogP) is 3.39. The molecule has 1 aliphatic carbocycles. The van der Waals surface area contributed by atoms with Crippen molar-refractivity contribution >= 4 is 0 Å². The molecule has 0 bridgehead atoms. The van der Waals surface area contributed by atoms with Crippen molar-refractivity contribution in [2.45, 2.75) is 63.8 Å². The molecule has 110 valence electrons. The fourth-order valence-electron chi connectivity index (χ4n) is 3.30. The normalized spacial score (nSPS) is 28.1. The van der Waals surface area contributed by atoms with E-state index >= 15 is 0 Å². The number of hydrogen-bond donors (Lipinski definition) is 1. The van der Waals surface area contributed by atoms with Gasteiger partial charge in [-0.3, -0.25) is 0 Å². The van der Waals surface area contributed by atoms with Crippen LogP contribution in [0, 0.1) is 0 Å². The zero-order chi connectivity index (χ0) is 14.2. The zero-order valence-corrected chi connectivity index (χ0v) is 12.4. The average Bonchev–Trinajstić information content (AvgIpc) is 2.77. The molecule has 20 heavy (non-hydrogen) atoms. The van der Waals surface area contributed by atoms with Crippen molar-refractivity contribution in [2.75, 3.05) is 6.61 Å². The van der Waals surface area contributed by atoms with Gasteiger partial charge >= 0.3 is 0 Å². The quantitative estimate of drug-likeness (QED) is 0.919. The van der Waals surface area contributed by atoms with E-state index in [4.69, 9.17) is 9.47 Å². The van der Waals surface area contributed by atoms with E-state index in [0.29, 0.717) is 6.61 Å². The first-order valence-corrected chi connectivity index (χ1v) is 7.66. The first kappa shape index (κ1) is 13.9. The molecule has 0 aromatic heterocycles. The molecule has 3 nitrogen and oxygen atoms in total. The van der Waals surface area contributed by atoms with E-state index < -0.39 is 0 Å². The fraction of sp³-hybridized carbons (Fsp3) is 0.647. The van der Waals surface area contributed by atoms with Gasteiger partial charge in [-0.2, -0.15) is 0 Å². The van der Waals surface area contributed by atoms with Gasteiger partial charge in [0.05, 0.1) is 17.8 Å². The van der Waals surface area contributed by atoms with E-state index in [1.54, 1.807) is 0 Å². The van der Waals surface area contributed by atoms with Gasteiger partial charge in [-0.15, -0.1) is 0 Å². The number of benzene rings is 1. The predicted molar refractivity (Wildman–Crippen MR) is 78.0 cm³/mol. The Morgan fingerprint density at radius 3 is 2.95 bits per heavy atom. The fourth-order valence-corrected chi connectivity index (χ4v) is 3.30. The number of aliphatic hydroxyl groups is 1. The molecule has 1 N–H and O–H groups in total. The summed E-state index contributed by atoms with van der Waals surface area (Å²) in [6, 6.07) is 6.00. The van der Waals surface area contributed by atoms with Gasteiger partial charge in [0.1, 0.15) is 12.4 Å². The van der Waals surface area contributed by atoms with E-state index in [2.05, 4.69) is 13.8 Å². The van der Waals surface area contributed by atoms with Crippen LogP contribution >= 0.6 is 0 Å². The number of hydrogen-bond acceptors (Lipinski definition) is 3. The van der Waals surface area contributed by atoms with Gasteiger partial charge < -0.3 is 14.6 Å². The van der Waals surface area contributed by atoms with E-state index in [1.807, 2.05) is 18.2 Å². The summed E-state index contributed by atoms with van der Waals surface area (Å²) in [7, 11) is 0. The Bertz CT molecular complexity index is 481. The van der Waals surface area contributed by atoms with Crippen LogP contribution in [0.2, 0.25) is 0 Å². The Hall–Kier alpha value is -1.06. The number of fused-ring (bicyclic) bond motifs is 1. The van der Waals surface area contributed by atoms with Crippen LogP contribution < -0.4 is 4.74 Å². The van der Waals surface area contributed by atoms with E-state index in [1.165, 1.54) is 5.56 Å². The molecule has 1 aliphatic heterocycles. The molecule has 1 aromatic rings. The van der Waals surface area contributed by atoms with Crippen molar-refractivity contribution in [3.8, 4) is 5.75 Å². The summed E-state index contributed by atoms with van der Waals surface area (Å²) in [6.07, 6.45) is 4.90. The third-order valence-electron chi connectivity index (χ3n) is 4.41. The minimum Gasteiger partial charge on any atom is -0.491 e. The summed E-state index contributed by atoms with van der Waals surface area (Å²) in [5.74, 6) is 0.926. The van der Waals surface area contributed by atoms with Gasteiger partial charge in [-0.25, -0.2) is 0 Å². The maximum absolute atomic E-state index is 10.1. The molecular formula is C17H24O3. The first-order valence-electron chi connectivity index (χ1n) is 7.66. The molecule has 1 aromatic carbocycles. The third-order valence-corrected chi connectivity index (χ3v) is 4.41. The molecule has 0 amide bonds. The van der Waals surface area contributed by atoms with Crippen LogP contribution in [0.25, 0.3) is 0 Å². The van der Waals surface area contributed by atoms with Crippen molar-refractivity contribution < 1.29 is 14.6 Å². The largest absolute Gasteiger partial charge is 0.491 e. The third kappa shape index (κ3) is 2.84. The summed E-state index contributed by atoms with van der Waals surface area (Å²) in [4.78, 5) is 0. The van der Waals surface area contributed by atoms with Crippen LogP contribution in [-0.2, 0) is 11.2 Å². The van der Waals surface area contributed by atoms with E-state index in [9.17, 15) is 5.11 Å². The number of rotatable bonds is 3. The zero-order valence-electron chi connectivity index (χ0n) is 12.4. The van der Waals surface area contributed by atoms with Crippen LogP contribution in [0.15, 0.2) is 18.2 Å². The Balaban J connectivity index is 1.68. The standard InChI is InChI=1S/C17H24O3/c1-17(2)10-9-12(20-17)11-19-16-8-4-5-13-14(16)6-3-7-15(13)18/h4-5,8,12,15,18H,3,6-7,9-11H2,1-2H3. The summed E-state index contributed by atoms with van der Waals surface area (Å²) >= 11 is 0. The molecule has 2 unspecified atom stereocenters. The monoisotopic (exact) mass is 276 g/mol. The van der Waals surface area contributed by atoms with Gasteiger partial charge in [0.2, 0.25) is 0 Å². The molecule has 0 saturated carbocycles. The van der Waals surface area contributed by atoms with Crippen LogP contribution in [0.4, 0.5) is 0 Å². The molecule has 3 rings (SSSR count). The molecule has 3 heteroatoms. The van der Waals surface area contributed by atoms with Crippen molar-refractivity contribution in [3.05, 3.63) is 29.3 Å². The number of aliphatic hydroxyl groups excluding tert-OH is 1. The van der Waals surface area contributed by atoms with Crippen LogP contribution in [0.1, 0.15) is 56.8 Å². The average molecular weight is 276 g/mol. The van der Waals surface area contributed by atoms with Gasteiger partial charge in [0, 0.05) is 0 Å². The molecular weight excluding hydrogens is 252 g/mol. The lowest BCUT2D eigenvalue weighted by atomic mass is 9.89.